The molecule has 0 saturated carbocycles. The van der Waals surface area contributed by atoms with Gasteiger partial charge in [-0.05, 0) is 97.7 Å². The quantitative estimate of drug-likeness (QED) is 0.0260. The Labute approximate surface area is 350 Å². The average molecular weight is 803 g/mol. The number of hydrogen-bond acceptors (Lipinski definition) is 9. The lowest BCUT2D eigenvalue weighted by Crippen LogP contribution is -2.35. The lowest BCUT2D eigenvalue weighted by molar-refractivity contribution is -0.153. The molecule has 0 aromatic carbocycles. The first-order valence-electron chi connectivity index (χ1n) is 22.9. The smallest absolute Gasteiger partial charge is 0.462 e. The molecule has 0 rings (SSSR count). The second-order valence-corrected chi connectivity index (χ2v) is 15.4. The summed E-state index contributed by atoms with van der Waals surface area (Å²) in [6, 6.07) is 0. The SMILES string of the molecule is CCCCC/C=C\C/C=C\CCCCCCCC(=O)OCC(COC(=O)CCCCCCC/C=C\C/C=C\CCCCC)OC(=O)OCCN(CC)CCN(C)C. The number of carbonyl (C=O) groups excluding carboxylic acids is 3. The van der Waals surface area contributed by atoms with E-state index in [-0.39, 0.29) is 31.8 Å². The second kappa shape index (κ2) is 42.7. The van der Waals surface area contributed by atoms with Crippen molar-refractivity contribution in [2.45, 2.75) is 181 Å². The number of carbonyl (C=O) groups is 3. The fraction of sp³-hybridized carbons (Fsp3) is 0.771. The van der Waals surface area contributed by atoms with E-state index in [9.17, 15) is 14.4 Å². The van der Waals surface area contributed by atoms with Crippen molar-refractivity contribution in [3.63, 3.8) is 0 Å². The number of nitrogens with zero attached hydrogens (tertiary/aromatic N) is 2. The van der Waals surface area contributed by atoms with Crippen LogP contribution >= 0.6 is 0 Å². The van der Waals surface area contributed by atoms with Gasteiger partial charge in [0.2, 0.25) is 0 Å². The van der Waals surface area contributed by atoms with Gasteiger partial charge in [-0.15, -0.1) is 0 Å². The minimum Gasteiger partial charge on any atom is -0.462 e. The molecular weight excluding hydrogens is 717 g/mol. The third kappa shape index (κ3) is 41.1. The summed E-state index contributed by atoms with van der Waals surface area (Å²) in [6.45, 7) is 9.51. The van der Waals surface area contributed by atoms with Gasteiger partial charge < -0.3 is 23.8 Å². The van der Waals surface area contributed by atoms with Gasteiger partial charge in [-0.25, -0.2) is 4.79 Å². The first-order chi connectivity index (χ1) is 27.8. The van der Waals surface area contributed by atoms with Gasteiger partial charge in [0.1, 0.15) is 19.8 Å². The Hall–Kier alpha value is -2.91. The van der Waals surface area contributed by atoms with Crippen molar-refractivity contribution in [3.8, 4) is 0 Å². The zero-order chi connectivity index (χ0) is 41.9. The standard InChI is InChI=1S/C48H86N2O7/c1-6-9-11-13-15-17-19-21-23-25-27-29-31-33-35-37-46(51)55-43-45(57-48(53)54-42-41-50(8-3)40-39-49(4)5)44-56-47(52)38-36-34-32-30-28-26-24-22-20-18-16-14-12-10-7-2/h15-18,21-24,45H,6-14,19-20,25-44H2,1-5H3/b17-15-,18-16-,23-21-,24-22-. The fourth-order valence-electron chi connectivity index (χ4n) is 5.99. The van der Waals surface area contributed by atoms with Gasteiger partial charge in [-0.3, -0.25) is 14.5 Å². The van der Waals surface area contributed by atoms with Gasteiger partial charge in [0.15, 0.2) is 6.10 Å². The van der Waals surface area contributed by atoms with Crippen molar-refractivity contribution in [1.82, 2.24) is 9.80 Å². The zero-order valence-corrected chi connectivity index (χ0v) is 37.4. The molecule has 0 aliphatic heterocycles. The van der Waals surface area contributed by atoms with E-state index in [0.29, 0.717) is 19.4 Å². The van der Waals surface area contributed by atoms with E-state index < -0.39 is 12.3 Å². The van der Waals surface area contributed by atoms with Gasteiger partial charge in [0.05, 0.1) is 0 Å². The van der Waals surface area contributed by atoms with Crippen LogP contribution in [0.25, 0.3) is 0 Å². The average Bonchev–Trinajstić information content (AvgIpc) is 3.20. The molecule has 0 aromatic rings. The summed E-state index contributed by atoms with van der Waals surface area (Å²) in [4.78, 5) is 41.9. The van der Waals surface area contributed by atoms with E-state index in [1.807, 2.05) is 14.1 Å². The molecule has 0 aromatic heterocycles. The summed E-state index contributed by atoms with van der Waals surface area (Å²) < 4.78 is 21.7. The van der Waals surface area contributed by atoms with Gasteiger partial charge >= 0.3 is 18.1 Å². The molecule has 0 fully saturated rings. The summed E-state index contributed by atoms with van der Waals surface area (Å²) in [7, 11) is 4.05. The third-order valence-corrected chi connectivity index (χ3v) is 9.72. The van der Waals surface area contributed by atoms with Crippen molar-refractivity contribution in [2.75, 3.05) is 60.1 Å². The lowest BCUT2D eigenvalue weighted by atomic mass is 10.1. The van der Waals surface area contributed by atoms with Crippen LogP contribution in [0.15, 0.2) is 48.6 Å². The summed E-state index contributed by atoms with van der Waals surface area (Å²) in [5.41, 5.74) is 0. The predicted octanol–water partition coefficient (Wildman–Crippen LogP) is 12.1. The minimum absolute atomic E-state index is 0.173. The second-order valence-electron chi connectivity index (χ2n) is 15.4. The molecule has 0 heterocycles. The normalized spacial score (nSPS) is 12.1. The highest BCUT2D eigenvalue weighted by atomic mass is 16.7. The van der Waals surface area contributed by atoms with E-state index in [0.717, 1.165) is 110 Å². The predicted molar refractivity (Wildman–Crippen MR) is 238 cm³/mol. The number of allylic oxidation sites excluding steroid dienone is 8. The van der Waals surface area contributed by atoms with Gasteiger partial charge in [-0.2, -0.15) is 0 Å². The number of rotatable bonds is 40. The Balaban J connectivity index is 4.47. The topological polar surface area (TPSA) is 94.6 Å². The van der Waals surface area contributed by atoms with Crippen LogP contribution in [0.1, 0.15) is 175 Å². The highest BCUT2D eigenvalue weighted by Crippen LogP contribution is 2.11. The molecule has 0 radical (unpaired) electrons. The Bertz CT molecular complexity index is 993. The molecule has 9 heteroatoms. The fourth-order valence-corrected chi connectivity index (χ4v) is 5.99. The van der Waals surface area contributed by atoms with Crippen molar-refractivity contribution in [3.05, 3.63) is 48.6 Å². The Morgan fingerprint density at radius 2 is 0.912 bits per heavy atom. The highest BCUT2D eigenvalue weighted by molar-refractivity contribution is 5.70. The summed E-state index contributed by atoms with van der Waals surface area (Å²) in [5, 5.41) is 0. The summed E-state index contributed by atoms with van der Waals surface area (Å²) in [6.07, 6.45) is 41.3. The van der Waals surface area contributed by atoms with E-state index in [2.05, 4.69) is 79.2 Å². The Kier molecular flexibility index (Phi) is 40.5. The van der Waals surface area contributed by atoms with E-state index in [1.54, 1.807) is 0 Å². The van der Waals surface area contributed by atoms with Crippen LogP contribution in [0.4, 0.5) is 4.79 Å². The molecular formula is C48H86N2O7. The number of unbranched alkanes of at least 4 members (excludes halogenated alkanes) is 16. The third-order valence-electron chi connectivity index (χ3n) is 9.72. The van der Waals surface area contributed by atoms with Gasteiger partial charge in [-0.1, -0.05) is 134 Å². The maximum Gasteiger partial charge on any atom is 0.508 e. The maximum absolute atomic E-state index is 12.6. The molecule has 0 aliphatic rings. The molecule has 0 atom stereocenters. The summed E-state index contributed by atoms with van der Waals surface area (Å²) >= 11 is 0. The molecule has 9 nitrogen and oxygen atoms in total. The number of hydrogen-bond donors (Lipinski definition) is 0. The van der Waals surface area contributed by atoms with Crippen LogP contribution in [-0.4, -0.2) is 94.1 Å². The van der Waals surface area contributed by atoms with Gasteiger partial charge in [0.25, 0.3) is 0 Å². The van der Waals surface area contributed by atoms with E-state index in [1.165, 1.54) is 51.4 Å². The van der Waals surface area contributed by atoms with Crippen LogP contribution in [0.3, 0.4) is 0 Å². The Morgan fingerprint density at radius 3 is 1.33 bits per heavy atom. The van der Waals surface area contributed by atoms with Crippen LogP contribution in [0.2, 0.25) is 0 Å². The first kappa shape index (κ1) is 54.1. The number of likely N-dealkylation sites (N-methyl/N-ethyl adjacent to an activating group) is 2. The Morgan fingerprint density at radius 1 is 0.491 bits per heavy atom. The van der Waals surface area contributed by atoms with Crippen molar-refractivity contribution in [2.24, 2.45) is 0 Å². The van der Waals surface area contributed by atoms with Crippen molar-refractivity contribution >= 4 is 18.1 Å². The van der Waals surface area contributed by atoms with Crippen LogP contribution < -0.4 is 0 Å². The first-order valence-corrected chi connectivity index (χ1v) is 22.9. The van der Waals surface area contributed by atoms with Gasteiger partial charge in [0, 0.05) is 32.5 Å². The summed E-state index contributed by atoms with van der Waals surface area (Å²) in [5.74, 6) is -0.697. The molecule has 0 saturated heterocycles. The molecule has 57 heavy (non-hydrogen) atoms. The maximum atomic E-state index is 12.6. The number of esters is 2. The van der Waals surface area contributed by atoms with Crippen LogP contribution in [-0.2, 0) is 28.5 Å². The monoisotopic (exact) mass is 803 g/mol. The molecule has 0 amide bonds. The molecule has 330 valence electrons. The largest absolute Gasteiger partial charge is 0.508 e. The molecule has 0 spiro atoms. The van der Waals surface area contributed by atoms with E-state index in [4.69, 9.17) is 18.9 Å². The van der Waals surface area contributed by atoms with Crippen LogP contribution in [0, 0.1) is 0 Å². The van der Waals surface area contributed by atoms with E-state index >= 15 is 0 Å². The molecule has 0 aliphatic carbocycles. The van der Waals surface area contributed by atoms with Crippen LogP contribution in [0.5, 0.6) is 0 Å². The lowest BCUT2D eigenvalue weighted by Gasteiger charge is -2.22. The van der Waals surface area contributed by atoms with Crippen molar-refractivity contribution in [1.29, 1.82) is 0 Å². The molecule has 0 unspecified atom stereocenters. The minimum atomic E-state index is -0.935. The highest BCUT2D eigenvalue weighted by Gasteiger charge is 2.21. The molecule has 0 N–H and O–H groups in total. The number of ether oxygens (including phenoxy) is 4. The molecule has 0 bridgehead atoms. The van der Waals surface area contributed by atoms with Crippen molar-refractivity contribution < 1.29 is 33.3 Å². The zero-order valence-electron chi connectivity index (χ0n) is 37.4.